The highest BCUT2D eigenvalue weighted by Gasteiger charge is 2.02. The predicted octanol–water partition coefficient (Wildman–Crippen LogP) is 3.61. The molecule has 2 aromatic rings. The van der Waals surface area contributed by atoms with Crippen LogP contribution >= 0.6 is 0 Å². The number of amides is 2. The number of hydrogen-bond acceptors (Lipinski definition) is 2. The van der Waals surface area contributed by atoms with Crippen molar-refractivity contribution in [3.8, 4) is 0 Å². The Bertz CT molecular complexity index is 655. The Kier molecular flexibility index (Phi) is 5.77. The Morgan fingerprint density at radius 1 is 0.955 bits per heavy atom. The minimum Gasteiger partial charge on any atom is -0.481 e. The maximum absolute atomic E-state index is 11.8. The monoisotopic (exact) mass is 300 g/mol. The Morgan fingerprint density at radius 3 is 2.50 bits per heavy atom. The lowest BCUT2D eigenvalue weighted by atomic mass is 10.1. The minimum atomic E-state index is -0.776. The first-order chi connectivity index (χ1) is 10.6. The van der Waals surface area contributed by atoms with E-state index in [2.05, 4.69) is 10.6 Å². The Morgan fingerprint density at radius 2 is 1.73 bits per heavy atom. The molecule has 0 aliphatic heterocycles. The molecule has 0 aromatic heterocycles. The summed E-state index contributed by atoms with van der Waals surface area (Å²) in [5.41, 5.74) is 0.752. The lowest BCUT2D eigenvalue weighted by molar-refractivity contribution is -0.137. The standard InChI is InChI=1S/C17H20N2O3/c20-16(21)8-2-1-5-11-18-17(22)19-15-10-9-13-6-3-4-7-14(13)12-15/h3-4,6-7,9-10,12H,1-2,5,8,11H2,(H,20,21)(H2,18,19,22). The molecule has 0 heterocycles. The van der Waals surface area contributed by atoms with Crippen molar-refractivity contribution in [2.75, 3.05) is 11.9 Å². The Hall–Kier alpha value is -2.56. The molecular weight excluding hydrogens is 280 g/mol. The molecule has 0 fully saturated rings. The predicted molar refractivity (Wildman–Crippen MR) is 87.1 cm³/mol. The lowest BCUT2D eigenvalue weighted by Gasteiger charge is -2.08. The van der Waals surface area contributed by atoms with E-state index in [1.54, 1.807) is 0 Å². The largest absolute Gasteiger partial charge is 0.481 e. The molecule has 0 radical (unpaired) electrons. The zero-order chi connectivity index (χ0) is 15.8. The number of aliphatic carboxylic acids is 1. The molecule has 2 rings (SSSR count). The van der Waals surface area contributed by atoms with Crippen LogP contribution in [0, 0.1) is 0 Å². The Labute approximate surface area is 129 Å². The highest BCUT2D eigenvalue weighted by molar-refractivity contribution is 5.93. The third kappa shape index (κ3) is 5.09. The second-order valence-electron chi connectivity index (χ2n) is 5.15. The van der Waals surface area contributed by atoms with Gasteiger partial charge in [-0.1, -0.05) is 36.8 Å². The quantitative estimate of drug-likeness (QED) is 0.683. The fourth-order valence-corrected chi connectivity index (χ4v) is 2.22. The molecule has 0 saturated carbocycles. The molecule has 0 spiro atoms. The number of benzene rings is 2. The van der Waals surface area contributed by atoms with E-state index in [1.165, 1.54) is 0 Å². The van der Waals surface area contributed by atoms with Gasteiger partial charge in [-0.3, -0.25) is 4.79 Å². The van der Waals surface area contributed by atoms with Crippen molar-refractivity contribution in [3.63, 3.8) is 0 Å². The molecule has 0 bridgehead atoms. The van der Waals surface area contributed by atoms with Crippen LogP contribution in [0.5, 0.6) is 0 Å². The summed E-state index contributed by atoms with van der Waals surface area (Å²) in [7, 11) is 0. The first-order valence-corrected chi connectivity index (χ1v) is 7.40. The summed E-state index contributed by atoms with van der Waals surface area (Å²) < 4.78 is 0. The molecule has 2 amide bonds. The van der Waals surface area contributed by atoms with Crippen LogP contribution in [0.4, 0.5) is 10.5 Å². The fourth-order valence-electron chi connectivity index (χ4n) is 2.22. The zero-order valence-corrected chi connectivity index (χ0v) is 12.3. The van der Waals surface area contributed by atoms with Crippen molar-refractivity contribution in [1.29, 1.82) is 0 Å². The Balaban J connectivity index is 1.73. The average Bonchev–Trinajstić information content (AvgIpc) is 2.50. The molecule has 0 atom stereocenters. The van der Waals surface area contributed by atoms with Crippen LogP contribution in [0.1, 0.15) is 25.7 Å². The van der Waals surface area contributed by atoms with Gasteiger partial charge < -0.3 is 15.7 Å². The van der Waals surface area contributed by atoms with Crippen molar-refractivity contribution < 1.29 is 14.7 Å². The van der Waals surface area contributed by atoms with E-state index in [4.69, 9.17) is 5.11 Å². The molecule has 0 unspecified atom stereocenters. The number of urea groups is 1. The van der Waals surface area contributed by atoms with Gasteiger partial charge in [-0.15, -0.1) is 0 Å². The minimum absolute atomic E-state index is 0.184. The van der Waals surface area contributed by atoms with E-state index in [9.17, 15) is 9.59 Å². The normalized spacial score (nSPS) is 10.4. The highest BCUT2D eigenvalue weighted by atomic mass is 16.4. The van der Waals surface area contributed by atoms with Gasteiger partial charge in [0.1, 0.15) is 0 Å². The van der Waals surface area contributed by atoms with Crippen LogP contribution in [0.15, 0.2) is 42.5 Å². The SMILES string of the molecule is O=C(O)CCCCCNC(=O)Nc1ccc2ccccc2c1. The summed E-state index contributed by atoms with van der Waals surface area (Å²) in [5, 5.41) is 16.3. The van der Waals surface area contributed by atoms with Crippen LogP contribution in [-0.2, 0) is 4.79 Å². The smallest absolute Gasteiger partial charge is 0.319 e. The number of fused-ring (bicyclic) bond motifs is 1. The first kappa shape index (κ1) is 15.8. The zero-order valence-electron chi connectivity index (χ0n) is 12.3. The van der Waals surface area contributed by atoms with Crippen molar-refractivity contribution >= 4 is 28.5 Å². The molecule has 3 N–H and O–H groups in total. The third-order valence-corrected chi connectivity index (χ3v) is 3.36. The topological polar surface area (TPSA) is 78.4 Å². The number of carboxylic acid groups (broad SMARTS) is 1. The summed E-state index contributed by atoms with van der Waals surface area (Å²) in [6.45, 7) is 0.541. The third-order valence-electron chi connectivity index (χ3n) is 3.36. The van der Waals surface area contributed by atoms with Crippen LogP contribution in [0.25, 0.3) is 10.8 Å². The molecule has 5 nitrogen and oxygen atoms in total. The van der Waals surface area contributed by atoms with Gasteiger partial charge in [0.2, 0.25) is 0 Å². The van der Waals surface area contributed by atoms with Gasteiger partial charge in [-0.25, -0.2) is 4.79 Å². The maximum atomic E-state index is 11.8. The molecule has 0 aliphatic carbocycles. The number of rotatable bonds is 7. The second kappa shape index (κ2) is 8.02. The van der Waals surface area contributed by atoms with Gasteiger partial charge in [0, 0.05) is 18.7 Å². The van der Waals surface area contributed by atoms with Gasteiger partial charge in [0.25, 0.3) is 0 Å². The van der Waals surface area contributed by atoms with Gasteiger partial charge in [-0.2, -0.15) is 0 Å². The van der Waals surface area contributed by atoms with Crippen molar-refractivity contribution in [3.05, 3.63) is 42.5 Å². The van der Waals surface area contributed by atoms with Crippen LogP contribution in [0.2, 0.25) is 0 Å². The summed E-state index contributed by atoms with van der Waals surface area (Å²) in [5.74, 6) is -0.776. The van der Waals surface area contributed by atoms with E-state index in [0.717, 1.165) is 29.3 Å². The summed E-state index contributed by atoms with van der Waals surface area (Å²) >= 11 is 0. The van der Waals surface area contributed by atoms with Crippen molar-refractivity contribution in [2.45, 2.75) is 25.7 Å². The molecular formula is C17H20N2O3. The van der Waals surface area contributed by atoms with Gasteiger partial charge >= 0.3 is 12.0 Å². The lowest BCUT2D eigenvalue weighted by Crippen LogP contribution is -2.29. The average molecular weight is 300 g/mol. The van der Waals surface area contributed by atoms with Gasteiger partial charge in [0.05, 0.1) is 0 Å². The first-order valence-electron chi connectivity index (χ1n) is 7.40. The van der Waals surface area contributed by atoms with E-state index in [-0.39, 0.29) is 12.5 Å². The highest BCUT2D eigenvalue weighted by Crippen LogP contribution is 2.18. The van der Waals surface area contributed by atoms with Crippen molar-refractivity contribution in [2.24, 2.45) is 0 Å². The van der Waals surface area contributed by atoms with E-state index >= 15 is 0 Å². The summed E-state index contributed by atoms with van der Waals surface area (Å²) in [6.07, 6.45) is 2.40. The number of anilines is 1. The van der Waals surface area contributed by atoms with Crippen molar-refractivity contribution in [1.82, 2.24) is 5.32 Å². The maximum Gasteiger partial charge on any atom is 0.319 e. The summed E-state index contributed by atoms with van der Waals surface area (Å²) in [4.78, 5) is 22.1. The molecule has 2 aromatic carbocycles. The molecule has 5 heteroatoms. The van der Waals surface area contributed by atoms with Crippen LogP contribution < -0.4 is 10.6 Å². The number of carbonyl (C=O) groups is 2. The number of carbonyl (C=O) groups excluding carboxylic acids is 1. The van der Waals surface area contributed by atoms with Gasteiger partial charge in [-0.05, 0) is 35.7 Å². The van der Waals surface area contributed by atoms with E-state index in [0.29, 0.717) is 13.0 Å². The molecule has 22 heavy (non-hydrogen) atoms. The van der Waals surface area contributed by atoms with Crippen LogP contribution in [-0.4, -0.2) is 23.7 Å². The number of unbranched alkanes of at least 4 members (excludes halogenated alkanes) is 2. The number of carboxylic acids is 1. The molecule has 0 saturated heterocycles. The molecule has 116 valence electrons. The van der Waals surface area contributed by atoms with E-state index in [1.807, 2.05) is 42.5 Å². The fraction of sp³-hybridized carbons (Fsp3) is 0.294. The van der Waals surface area contributed by atoms with E-state index < -0.39 is 5.97 Å². The van der Waals surface area contributed by atoms with Crippen LogP contribution in [0.3, 0.4) is 0 Å². The molecule has 0 aliphatic rings. The number of hydrogen-bond donors (Lipinski definition) is 3. The summed E-state index contributed by atoms with van der Waals surface area (Å²) in [6, 6.07) is 13.5. The number of nitrogens with one attached hydrogen (secondary N) is 2. The van der Waals surface area contributed by atoms with Gasteiger partial charge in [0.15, 0.2) is 0 Å². The second-order valence-corrected chi connectivity index (χ2v) is 5.15.